The summed E-state index contributed by atoms with van der Waals surface area (Å²) < 4.78 is 0. The van der Waals surface area contributed by atoms with Gasteiger partial charge < -0.3 is 16.0 Å². The molecule has 1 aromatic carbocycles. The second kappa shape index (κ2) is 10.3. The monoisotopic (exact) mass is 429 g/mol. The van der Waals surface area contributed by atoms with E-state index in [1.165, 1.54) is 0 Å². The van der Waals surface area contributed by atoms with E-state index in [9.17, 15) is 14.4 Å². The van der Waals surface area contributed by atoms with Gasteiger partial charge in [0, 0.05) is 34.8 Å². The second-order valence-corrected chi connectivity index (χ2v) is 10.5. The molecule has 0 heterocycles. The minimum absolute atomic E-state index is 0.000770. The van der Waals surface area contributed by atoms with Crippen LogP contribution in [0, 0.1) is 29.1 Å². The molecule has 0 radical (unpaired) electrons. The highest BCUT2D eigenvalue weighted by Gasteiger charge is 2.32. The lowest BCUT2D eigenvalue weighted by Crippen LogP contribution is -2.31. The molecule has 0 spiro atoms. The fourth-order valence-corrected chi connectivity index (χ4v) is 3.88. The van der Waals surface area contributed by atoms with Gasteiger partial charge in [-0.15, -0.1) is 0 Å². The number of nitrogens with one attached hydrogen (secondary N) is 3. The van der Waals surface area contributed by atoms with Crippen molar-refractivity contribution in [2.45, 2.75) is 74.1 Å². The normalized spacial score (nSPS) is 19.3. The van der Waals surface area contributed by atoms with Crippen molar-refractivity contribution in [1.82, 2.24) is 0 Å². The smallest absolute Gasteiger partial charge is 0.227 e. The first-order chi connectivity index (χ1) is 14.4. The van der Waals surface area contributed by atoms with E-state index in [1.54, 1.807) is 18.2 Å². The minimum atomic E-state index is -0.176. The van der Waals surface area contributed by atoms with Crippen LogP contribution in [0.1, 0.15) is 74.1 Å². The van der Waals surface area contributed by atoms with Crippen molar-refractivity contribution in [3.63, 3.8) is 0 Å². The van der Waals surface area contributed by atoms with Gasteiger partial charge in [0.15, 0.2) is 0 Å². The molecule has 1 aliphatic rings. The Balaban J connectivity index is 2.15. The van der Waals surface area contributed by atoms with Gasteiger partial charge in [0.2, 0.25) is 17.7 Å². The number of carbonyl (C=O) groups excluding carboxylic acids is 3. The average molecular weight is 430 g/mol. The van der Waals surface area contributed by atoms with Crippen molar-refractivity contribution in [2.75, 3.05) is 16.0 Å². The van der Waals surface area contributed by atoms with Crippen LogP contribution in [0.25, 0.3) is 0 Å². The highest BCUT2D eigenvalue weighted by atomic mass is 16.2. The van der Waals surface area contributed by atoms with Crippen LogP contribution in [0.5, 0.6) is 0 Å². The standard InChI is InChI=1S/C25H39N3O3/c1-15(2)22(29)26-19-12-20(27-23(30)16(3)4)14-21(13-19)28-24(31)17-8-10-18(11-9-17)25(5,6)7/h12-18H,8-11H2,1-7H3,(H,26,29)(H,27,30)(H,28,31)/t17-,18-. The molecule has 6 nitrogen and oxygen atoms in total. The van der Waals surface area contributed by atoms with E-state index in [4.69, 9.17) is 0 Å². The maximum absolute atomic E-state index is 12.9. The predicted octanol–water partition coefficient (Wildman–Crippen LogP) is 5.67. The van der Waals surface area contributed by atoms with Crippen LogP contribution >= 0.6 is 0 Å². The van der Waals surface area contributed by atoms with Gasteiger partial charge in [0.05, 0.1) is 0 Å². The van der Waals surface area contributed by atoms with Crippen molar-refractivity contribution in [2.24, 2.45) is 29.1 Å². The van der Waals surface area contributed by atoms with Crippen molar-refractivity contribution in [3.05, 3.63) is 18.2 Å². The lowest BCUT2D eigenvalue weighted by molar-refractivity contribution is -0.121. The van der Waals surface area contributed by atoms with E-state index < -0.39 is 0 Å². The number of rotatable bonds is 6. The Morgan fingerprint density at radius 1 is 0.742 bits per heavy atom. The van der Waals surface area contributed by atoms with Crippen LogP contribution in [-0.2, 0) is 14.4 Å². The third-order valence-electron chi connectivity index (χ3n) is 6.11. The lowest BCUT2D eigenvalue weighted by atomic mass is 9.69. The molecule has 172 valence electrons. The topological polar surface area (TPSA) is 87.3 Å². The molecule has 0 bridgehead atoms. The van der Waals surface area contributed by atoms with Crippen LogP contribution in [0.4, 0.5) is 17.1 Å². The number of amides is 3. The number of benzene rings is 1. The predicted molar refractivity (Wildman–Crippen MR) is 127 cm³/mol. The van der Waals surface area contributed by atoms with E-state index in [0.29, 0.717) is 23.0 Å². The van der Waals surface area contributed by atoms with Gasteiger partial charge in [0.25, 0.3) is 0 Å². The summed E-state index contributed by atoms with van der Waals surface area (Å²) in [6.07, 6.45) is 3.88. The first kappa shape index (κ1) is 24.9. The van der Waals surface area contributed by atoms with Gasteiger partial charge >= 0.3 is 0 Å². The molecule has 31 heavy (non-hydrogen) atoms. The molecule has 3 amide bonds. The molecule has 2 rings (SSSR count). The van der Waals surface area contributed by atoms with E-state index in [1.807, 2.05) is 27.7 Å². The SMILES string of the molecule is CC(C)C(=O)Nc1cc(NC(=O)C(C)C)cc(NC(=O)[C@H]2CC[C@H](C(C)(C)C)CC2)c1. The number of anilines is 3. The zero-order valence-electron chi connectivity index (χ0n) is 20.1. The quantitative estimate of drug-likeness (QED) is 0.545. The van der Waals surface area contributed by atoms with Gasteiger partial charge in [-0.05, 0) is 55.2 Å². The molecule has 1 aromatic rings. The van der Waals surface area contributed by atoms with Crippen LogP contribution in [-0.4, -0.2) is 17.7 Å². The minimum Gasteiger partial charge on any atom is -0.326 e. The van der Waals surface area contributed by atoms with Crippen LogP contribution in [0.3, 0.4) is 0 Å². The molecule has 6 heteroatoms. The highest BCUT2D eigenvalue weighted by Crippen LogP contribution is 2.40. The fourth-order valence-electron chi connectivity index (χ4n) is 3.88. The molecule has 1 fully saturated rings. The van der Waals surface area contributed by atoms with Crippen molar-refractivity contribution >= 4 is 34.8 Å². The summed E-state index contributed by atoms with van der Waals surface area (Å²) in [6.45, 7) is 14.1. The van der Waals surface area contributed by atoms with Crippen LogP contribution in [0.15, 0.2) is 18.2 Å². The van der Waals surface area contributed by atoms with E-state index in [-0.39, 0.29) is 40.9 Å². The fraction of sp³-hybridized carbons (Fsp3) is 0.640. The van der Waals surface area contributed by atoms with Gasteiger partial charge in [0.1, 0.15) is 0 Å². The summed E-state index contributed by atoms with van der Waals surface area (Å²) >= 11 is 0. The molecule has 0 aliphatic heterocycles. The number of hydrogen-bond donors (Lipinski definition) is 3. The van der Waals surface area contributed by atoms with Gasteiger partial charge in [-0.25, -0.2) is 0 Å². The molecule has 0 unspecified atom stereocenters. The Morgan fingerprint density at radius 3 is 1.48 bits per heavy atom. The van der Waals surface area contributed by atoms with E-state index in [0.717, 1.165) is 25.7 Å². The summed E-state index contributed by atoms with van der Waals surface area (Å²) in [7, 11) is 0. The maximum atomic E-state index is 12.9. The Labute approximate surface area is 186 Å². The Bertz CT molecular complexity index is 760. The number of carbonyl (C=O) groups is 3. The summed E-state index contributed by atoms with van der Waals surface area (Å²) in [5, 5.41) is 8.73. The summed E-state index contributed by atoms with van der Waals surface area (Å²) in [6, 6.07) is 5.19. The molecule has 0 saturated heterocycles. The Kier molecular flexibility index (Phi) is 8.27. The summed E-state index contributed by atoms with van der Waals surface area (Å²) in [4.78, 5) is 37.2. The average Bonchev–Trinajstić information content (AvgIpc) is 2.67. The highest BCUT2D eigenvalue weighted by molar-refractivity contribution is 5.99. The summed E-state index contributed by atoms with van der Waals surface area (Å²) in [5.41, 5.74) is 1.94. The zero-order valence-corrected chi connectivity index (χ0v) is 20.1. The van der Waals surface area contributed by atoms with Crippen molar-refractivity contribution in [3.8, 4) is 0 Å². The zero-order chi connectivity index (χ0) is 23.3. The van der Waals surface area contributed by atoms with Crippen LogP contribution in [0.2, 0.25) is 0 Å². The van der Waals surface area contributed by atoms with E-state index in [2.05, 4.69) is 36.7 Å². The molecule has 0 aromatic heterocycles. The van der Waals surface area contributed by atoms with Crippen molar-refractivity contribution in [1.29, 1.82) is 0 Å². The third kappa shape index (κ3) is 7.37. The number of hydrogen-bond acceptors (Lipinski definition) is 3. The third-order valence-corrected chi connectivity index (χ3v) is 6.11. The van der Waals surface area contributed by atoms with E-state index >= 15 is 0 Å². The molecule has 1 aliphatic carbocycles. The van der Waals surface area contributed by atoms with Gasteiger partial charge in [-0.1, -0.05) is 48.5 Å². The molecule has 3 N–H and O–H groups in total. The first-order valence-electron chi connectivity index (χ1n) is 11.4. The van der Waals surface area contributed by atoms with Crippen molar-refractivity contribution < 1.29 is 14.4 Å². The summed E-state index contributed by atoms with van der Waals surface area (Å²) in [5.74, 6) is 0.0381. The lowest BCUT2D eigenvalue weighted by Gasteiger charge is -2.36. The molecule has 1 saturated carbocycles. The second-order valence-electron chi connectivity index (χ2n) is 10.5. The largest absolute Gasteiger partial charge is 0.326 e. The molecular formula is C25H39N3O3. The maximum Gasteiger partial charge on any atom is 0.227 e. The Morgan fingerprint density at radius 2 is 1.13 bits per heavy atom. The molecular weight excluding hydrogens is 390 g/mol. The van der Waals surface area contributed by atoms with Gasteiger partial charge in [-0.3, -0.25) is 14.4 Å². The van der Waals surface area contributed by atoms with Gasteiger partial charge in [-0.2, -0.15) is 0 Å². The Hall–Kier alpha value is -2.37. The molecule has 0 atom stereocenters. The first-order valence-corrected chi connectivity index (χ1v) is 11.4. The van der Waals surface area contributed by atoms with Crippen LogP contribution < -0.4 is 16.0 Å².